The lowest BCUT2D eigenvalue weighted by Gasteiger charge is -2.12. The second kappa shape index (κ2) is 12.9. The summed E-state index contributed by atoms with van der Waals surface area (Å²) in [6.45, 7) is 4.12. The van der Waals surface area contributed by atoms with Crippen molar-refractivity contribution in [2.24, 2.45) is 4.99 Å². The molecule has 2 aromatic rings. The van der Waals surface area contributed by atoms with E-state index in [0.717, 1.165) is 5.56 Å². The Kier molecular flexibility index (Phi) is 10.9. The zero-order valence-electron chi connectivity index (χ0n) is 15.7. The molecule has 0 saturated carbocycles. The number of guanidine groups is 1. The molecule has 0 radical (unpaired) electrons. The normalized spacial score (nSPS) is 10.7. The summed E-state index contributed by atoms with van der Waals surface area (Å²) in [5, 5.41) is 18.7. The second-order valence-electron chi connectivity index (χ2n) is 5.84. The van der Waals surface area contributed by atoms with E-state index in [2.05, 4.69) is 20.9 Å². The standard InChI is InChI=1S/C20H25FN4O2.HI/c1-2-22-20(24-12-11-15-7-9-16(21)10-8-15)25-14-13-23-19(27)17-5-3-4-6-18(17)26;/h3-10,26H,2,11-14H2,1H3,(H,23,27)(H2,22,24,25);1H. The quantitative estimate of drug-likeness (QED) is 0.194. The first-order valence-electron chi connectivity index (χ1n) is 8.93. The number of carbonyl (C=O) groups excluding carboxylic acids is 1. The van der Waals surface area contributed by atoms with Gasteiger partial charge < -0.3 is 21.1 Å². The number of nitrogens with one attached hydrogen (secondary N) is 3. The Bertz CT molecular complexity index is 769. The number of hydrogen-bond acceptors (Lipinski definition) is 3. The lowest BCUT2D eigenvalue weighted by molar-refractivity contribution is 0.0951. The van der Waals surface area contributed by atoms with E-state index < -0.39 is 0 Å². The number of phenols is 1. The van der Waals surface area contributed by atoms with Crippen molar-refractivity contribution in [1.82, 2.24) is 16.0 Å². The average Bonchev–Trinajstić information content (AvgIpc) is 2.67. The summed E-state index contributed by atoms with van der Waals surface area (Å²) in [7, 11) is 0. The van der Waals surface area contributed by atoms with Crippen LogP contribution in [0.5, 0.6) is 5.75 Å². The Balaban J connectivity index is 0.00000392. The second-order valence-corrected chi connectivity index (χ2v) is 5.84. The fourth-order valence-electron chi connectivity index (χ4n) is 2.41. The van der Waals surface area contributed by atoms with Gasteiger partial charge in [-0.1, -0.05) is 24.3 Å². The lowest BCUT2D eigenvalue weighted by Crippen LogP contribution is -2.41. The molecule has 0 spiro atoms. The predicted molar refractivity (Wildman–Crippen MR) is 120 cm³/mol. The van der Waals surface area contributed by atoms with Gasteiger partial charge in [0, 0.05) is 26.2 Å². The fourth-order valence-corrected chi connectivity index (χ4v) is 2.41. The number of amides is 1. The maximum atomic E-state index is 12.9. The minimum atomic E-state index is -0.326. The number of hydrogen-bond donors (Lipinski definition) is 4. The van der Waals surface area contributed by atoms with Gasteiger partial charge in [-0.2, -0.15) is 0 Å². The highest BCUT2D eigenvalue weighted by Crippen LogP contribution is 2.14. The Morgan fingerprint density at radius 2 is 1.71 bits per heavy atom. The zero-order chi connectivity index (χ0) is 19.5. The number of carbonyl (C=O) groups is 1. The van der Waals surface area contributed by atoms with Gasteiger partial charge in [0.15, 0.2) is 5.96 Å². The average molecular weight is 500 g/mol. The summed E-state index contributed by atoms with van der Waals surface area (Å²) in [5.74, 6) is 0.0337. The Morgan fingerprint density at radius 1 is 1.04 bits per heavy atom. The number of para-hydroxylation sites is 1. The first kappa shape index (κ1) is 23.7. The summed E-state index contributed by atoms with van der Waals surface area (Å²) in [6.07, 6.45) is 0.709. The van der Waals surface area contributed by atoms with E-state index >= 15 is 0 Å². The highest BCUT2D eigenvalue weighted by Gasteiger charge is 2.09. The summed E-state index contributed by atoms with van der Waals surface area (Å²) < 4.78 is 12.9. The maximum absolute atomic E-state index is 12.9. The van der Waals surface area contributed by atoms with Crippen LogP contribution in [0.15, 0.2) is 53.5 Å². The molecule has 0 aliphatic heterocycles. The maximum Gasteiger partial charge on any atom is 0.255 e. The number of aliphatic imine (C=N–C) groups is 1. The van der Waals surface area contributed by atoms with Crippen LogP contribution in [-0.2, 0) is 6.42 Å². The molecule has 2 rings (SSSR count). The van der Waals surface area contributed by atoms with Crippen molar-refractivity contribution in [3.05, 3.63) is 65.5 Å². The number of halogens is 2. The van der Waals surface area contributed by atoms with Crippen LogP contribution in [0.3, 0.4) is 0 Å². The zero-order valence-corrected chi connectivity index (χ0v) is 18.1. The fraction of sp³-hybridized carbons (Fsp3) is 0.300. The van der Waals surface area contributed by atoms with Gasteiger partial charge in [0.25, 0.3) is 5.91 Å². The van der Waals surface area contributed by atoms with Crippen molar-refractivity contribution in [1.29, 1.82) is 0 Å². The van der Waals surface area contributed by atoms with Gasteiger partial charge in [0.05, 0.1) is 5.56 Å². The first-order valence-corrected chi connectivity index (χ1v) is 8.93. The van der Waals surface area contributed by atoms with Crippen LogP contribution in [0.4, 0.5) is 4.39 Å². The van der Waals surface area contributed by atoms with E-state index in [4.69, 9.17) is 0 Å². The lowest BCUT2D eigenvalue weighted by atomic mass is 10.1. The van der Waals surface area contributed by atoms with Crippen molar-refractivity contribution < 1.29 is 14.3 Å². The van der Waals surface area contributed by atoms with Gasteiger partial charge in [-0.25, -0.2) is 4.39 Å². The monoisotopic (exact) mass is 500 g/mol. The van der Waals surface area contributed by atoms with Crippen LogP contribution in [0, 0.1) is 5.82 Å². The Morgan fingerprint density at radius 3 is 2.39 bits per heavy atom. The summed E-state index contributed by atoms with van der Waals surface area (Å²) in [6, 6.07) is 12.8. The largest absolute Gasteiger partial charge is 0.507 e. The molecule has 152 valence electrons. The van der Waals surface area contributed by atoms with Crippen molar-refractivity contribution in [2.75, 3.05) is 26.2 Å². The van der Waals surface area contributed by atoms with E-state index in [1.165, 1.54) is 18.2 Å². The van der Waals surface area contributed by atoms with Crippen molar-refractivity contribution in [2.45, 2.75) is 13.3 Å². The number of benzene rings is 2. The SMILES string of the molecule is CCNC(=NCCc1ccc(F)cc1)NCCNC(=O)c1ccccc1O.I. The molecule has 0 bridgehead atoms. The van der Waals surface area contributed by atoms with Crippen molar-refractivity contribution in [3.63, 3.8) is 0 Å². The molecule has 4 N–H and O–H groups in total. The molecular formula is C20H26FIN4O2. The number of rotatable bonds is 8. The number of nitrogens with zero attached hydrogens (tertiary/aromatic N) is 1. The molecule has 0 heterocycles. The van der Waals surface area contributed by atoms with Gasteiger partial charge >= 0.3 is 0 Å². The van der Waals surface area contributed by atoms with E-state index in [1.54, 1.807) is 30.3 Å². The van der Waals surface area contributed by atoms with Crippen LogP contribution in [0.2, 0.25) is 0 Å². The Hall–Kier alpha value is -2.36. The summed E-state index contributed by atoms with van der Waals surface area (Å²) in [5.41, 5.74) is 1.27. The molecule has 1 amide bonds. The Labute approximate surface area is 181 Å². The molecule has 2 aromatic carbocycles. The van der Waals surface area contributed by atoms with Gasteiger partial charge in [0.1, 0.15) is 11.6 Å². The first-order chi connectivity index (χ1) is 13.1. The van der Waals surface area contributed by atoms with Crippen LogP contribution >= 0.6 is 24.0 Å². The van der Waals surface area contributed by atoms with E-state index in [0.29, 0.717) is 38.6 Å². The topological polar surface area (TPSA) is 85.8 Å². The highest BCUT2D eigenvalue weighted by atomic mass is 127. The van der Waals surface area contributed by atoms with Crippen LogP contribution in [0.1, 0.15) is 22.8 Å². The molecule has 0 fully saturated rings. The smallest absolute Gasteiger partial charge is 0.255 e. The molecular weight excluding hydrogens is 474 g/mol. The third kappa shape index (κ3) is 8.12. The van der Waals surface area contributed by atoms with Crippen LogP contribution in [-0.4, -0.2) is 43.2 Å². The van der Waals surface area contributed by atoms with Gasteiger partial charge in [-0.05, 0) is 43.2 Å². The van der Waals surface area contributed by atoms with Crippen LogP contribution in [0.25, 0.3) is 0 Å². The van der Waals surface area contributed by atoms with E-state index in [1.807, 2.05) is 6.92 Å². The minimum absolute atomic E-state index is 0. The molecule has 0 saturated heterocycles. The number of aromatic hydroxyl groups is 1. The van der Waals surface area contributed by atoms with Gasteiger partial charge in [-0.3, -0.25) is 9.79 Å². The van der Waals surface area contributed by atoms with Crippen molar-refractivity contribution in [3.8, 4) is 5.75 Å². The molecule has 8 heteroatoms. The molecule has 0 aromatic heterocycles. The predicted octanol–water partition coefficient (Wildman–Crippen LogP) is 2.68. The van der Waals surface area contributed by atoms with Crippen LogP contribution < -0.4 is 16.0 Å². The molecule has 0 unspecified atom stereocenters. The molecule has 0 aliphatic carbocycles. The summed E-state index contributed by atoms with van der Waals surface area (Å²) in [4.78, 5) is 16.5. The third-order valence-electron chi connectivity index (χ3n) is 3.78. The van der Waals surface area contributed by atoms with Gasteiger partial charge in [-0.15, -0.1) is 24.0 Å². The molecule has 6 nitrogen and oxygen atoms in total. The highest BCUT2D eigenvalue weighted by molar-refractivity contribution is 14.0. The molecule has 0 aliphatic rings. The van der Waals surface area contributed by atoms with E-state index in [9.17, 15) is 14.3 Å². The van der Waals surface area contributed by atoms with Gasteiger partial charge in [0.2, 0.25) is 0 Å². The minimum Gasteiger partial charge on any atom is -0.507 e. The van der Waals surface area contributed by atoms with Crippen molar-refractivity contribution >= 4 is 35.8 Å². The number of phenolic OH excluding ortho intramolecular Hbond substituents is 1. The van der Waals surface area contributed by atoms with E-state index in [-0.39, 0.29) is 47.0 Å². The third-order valence-corrected chi connectivity index (χ3v) is 3.78. The summed E-state index contributed by atoms with van der Waals surface area (Å²) >= 11 is 0. The molecule has 28 heavy (non-hydrogen) atoms. The molecule has 0 atom stereocenters.